The van der Waals surface area contributed by atoms with Crippen LogP contribution in [0.1, 0.15) is 45.4 Å². The molecule has 0 aromatic rings. The number of rotatable bonds is 7. The Labute approximate surface area is 101 Å². The van der Waals surface area contributed by atoms with Gasteiger partial charge in [0, 0.05) is 13.1 Å². The lowest BCUT2D eigenvalue weighted by atomic mass is 10.1. The van der Waals surface area contributed by atoms with Crippen molar-refractivity contribution in [3.05, 3.63) is 0 Å². The van der Waals surface area contributed by atoms with Crippen molar-refractivity contribution in [2.75, 3.05) is 33.4 Å². The van der Waals surface area contributed by atoms with Gasteiger partial charge in [-0.05, 0) is 20.0 Å². The van der Waals surface area contributed by atoms with Crippen molar-refractivity contribution in [1.29, 1.82) is 0 Å². The molecule has 1 saturated heterocycles. The van der Waals surface area contributed by atoms with Gasteiger partial charge in [0.25, 0.3) is 0 Å². The fraction of sp³-hybridized carbons (Fsp3) is 1.00. The maximum absolute atomic E-state index is 2.57. The molecule has 0 atom stereocenters. The molecular formula is C12H27ClN2. The predicted molar refractivity (Wildman–Crippen MR) is 69.7 cm³/mol. The fourth-order valence-electron chi connectivity index (χ4n) is 2.09. The van der Waals surface area contributed by atoms with Gasteiger partial charge in [0.05, 0.1) is 6.67 Å². The second kappa shape index (κ2) is 9.44. The van der Waals surface area contributed by atoms with E-state index >= 15 is 0 Å². The zero-order chi connectivity index (χ0) is 10.2. The summed E-state index contributed by atoms with van der Waals surface area (Å²) in [7, 11) is 2.21. The number of halogens is 1. The summed E-state index contributed by atoms with van der Waals surface area (Å²) >= 11 is 0. The van der Waals surface area contributed by atoms with Crippen LogP contribution < -0.4 is 0 Å². The van der Waals surface area contributed by atoms with Gasteiger partial charge in [0.15, 0.2) is 0 Å². The Balaban J connectivity index is 0.00000196. The van der Waals surface area contributed by atoms with E-state index < -0.39 is 0 Å². The van der Waals surface area contributed by atoms with E-state index in [1.807, 2.05) is 0 Å². The van der Waals surface area contributed by atoms with E-state index in [2.05, 4.69) is 23.8 Å². The molecule has 0 bridgehead atoms. The van der Waals surface area contributed by atoms with E-state index in [0.717, 1.165) is 0 Å². The van der Waals surface area contributed by atoms with Crippen LogP contribution in [0.3, 0.4) is 0 Å². The van der Waals surface area contributed by atoms with Crippen LogP contribution in [0.15, 0.2) is 0 Å². The lowest BCUT2D eigenvalue weighted by Crippen LogP contribution is -2.24. The molecule has 0 saturated carbocycles. The summed E-state index contributed by atoms with van der Waals surface area (Å²) < 4.78 is 0. The number of hydrogen-bond acceptors (Lipinski definition) is 2. The Morgan fingerprint density at radius 3 is 2.20 bits per heavy atom. The van der Waals surface area contributed by atoms with Crippen LogP contribution in [-0.2, 0) is 0 Å². The molecular weight excluding hydrogens is 208 g/mol. The third kappa shape index (κ3) is 7.15. The van der Waals surface area contributed by atoms with Gasteiger partial charge in [0.2, 0.25) is 0 Å². The van der Waals surface area contributed by atoms with Crippen molar-refractivity contribution in [2.24, 2.45) is 0 Å². The average molecular weight is 235 g/mol. The molecule has 1 aliphatic rings. The highest BCUT2D eigenvalue weighted by Gasteiger charge is 2.14. The molecule has 1 fully saturated rings. The molecule has 0 aromatic heterocycles. The van der Waals surface area contributed by atoms with E-state index in [1.165, 1.54) is 64.8 Å². The first-order valence-electron chi connectivity index (χ1n) is 6.24. The largest absolute Gasteiger partial charge is 0.292 e. The van der Waals surface area contributed by atoms with E-state index in [9.17, 15) is 0 Å². The van der Waals surface area contributed by atoms with Gasteiger partial charge in [0.1, 0.15) is 0 Å². The van der Waals surface area contributed by atoms with Crippen LogP contribution in [0.4, 0.5) is 0 Å². The van der Waals surface area contributed by atoms with Crippen LogP contribution in [0, 0.1) is 0 Å². The predicted octanol–water partition coefficient (Wildman–Crippen LogP) is 2.97. The maximum Gasteiger partial charge on any atom is 0.0504 e. The highest BCUT2D eigenvalue weighted by molar-refractivity contribution is 5.85. The zero-order valence-corrected chi connectivity index (χ0v) is 11.2. The van der Waals surface area contributed by atoms with Gasteiger partial charge in [-0.2, -0.15) is 0 Å². The second-order valence-electron chi connectivity index (χ2n) is 4.61. The van der Waals surface area contributed by atoms with Gasteiger partial charge in [-0.1, -0.05) is 39.0 Å². The van der Waals surface area contributed by atoms with Gasteiger partial charge < -0.3 is 0 Å². The van der Waals surface area contributed by atoms with Crippen LogP contribution in [0.2, 0.25) is 0 Å². The Kier molecular flexibility index (Phi) is 9.57. The molecule has 0 unspecified atom stereocenters. The molecule has 2 nitrogen and oxygen atoms in total. The molecule has 1 rings (SSSR count). The topological polar surface area (TPSA) is 6.48 Å². The van der Waals surface area contributed by atoms with E-state index in [-0.39, 0.29) is 12.4 Å². The molecule has 15 heavy (non-hydrogen) atoms. The highest BCUT2D eigenvalue weighted by Crippen LogP contribution is 2.08. The summed E-state index contributed by atoms with van der Waals surface area (Å²) in [5.74, 6) is 0. The molecule has 0 N–H and O–H groups in total. The summed E-state index contributed by atoms with van der Waals surface area (Å²) in [6.07, 6.45) is 8.50. The van der Waals surface area contributed by atoms with Crippen molar-refractivity contribution >= 4 is 12.4 Å². The summed E-state index contributed by atoms with van der Waals surface area (Å²) in [5, 5.41) is 0. The summed E-state index contributed by atoms with van der Waals surface area (Å²) in [6.45, 7) is 7.33. The minimum atomic E-state index is 0. The first-order chi connectivity index (χ1) is 6.83. The van der Waals surface area contributed by atoms with Gasteiger partial charge >= 0.3 is 0 Å². The van der Waals surface area contributed by atoms with Gasteiger partial charge in [-0.25, -0.2) is 0 Å². The zero-order valence-electron chi connectivity index (χ0n) is 10.4. The van der Waals surface area contributed by atoms with Gasteiger partial charge in [-0.3, -0.25) is 9.80 Å². The van der Waals surface area contributed by atoms with Crippen molar-refractivity contribution in [1.82, 2.24) is 9.80 Å². The smallest absolute Gasteiger partial charge is 0.0504 e. The first-order valence-corrected chi connectivity index (χ1v) is 6.24. The second-order valence-corrected chi connectivity index (χ2v) is 4.61. The van der Waals surface area contributed by atoms with Crippen LogP contribution in [-0.4, -0.2) is 43.2 Å². The molecule has 3 heteroatoms. The Morgan fingerprint density at radius 1 is 0.933 bits per heavy atom. The summed E-state index contributed by atoms with van der Waals surface area (Å²) in [4.78, 5) is 4.97. The van der Waals surface area contributed by atoms with Crippen LogP contribution in [0.25, 0.3) is 0 Å². The van der Waals surface area contributed by atoms with Crippen molar-refractivity contribution < 1.29 is 0 Å². The number of unbranched alkanes of at least 4 members (excludes halogenated alkanes) is 5. The molecule has 92 valence electrons. The van der Waals surface area contributed by atoms with E-state index in [4.69, 9.17) is 0 Å². The number of nitrogens with zero attached hydrogens (tertiary/aromatic N) is 2. The Morgan fingerprint density at radius 2 is 1.60 bits per heavy atom. The Hall–Kier alpha value is 0.210. The standard InChI is InChI=1S/C12H26N2.ClH/c1-3-4-5-6-7-8-9-14-11-10-13(2)12-14;/h3-12H2,1-2H3;1H. The Bertz CT molecular complexity index is 142. The molecule has 1 heterocycles. The third-order valence-electron chi connectivity index (χ3n) is 3.07. The maximum atomic E-state index is 2.57. The average Bonchev–Trinajstić information content (AvgIpc) is 2.58. The lowest BCUT2D eigenvalue weighted by molar-refractivity contribution is 0.269. The van der Waals surface area contributed by atoms with Crippen molar-refractivity contribution in [3.8, 4) is 0 Å². The molecule has 0 aliphatic carbocycles. The number of hydrogen-bond donors (Lipinski definition) is 0. The van der Waals surface area contributed by atoms with Crippen molar-refractivity contribution in [3.63, 3.8) is 0 Å². The molecule has 0 amide bonds. The minimum absolute atomic E-state index is 0. The molecule has 0 aromatic carbocycles. The van der Waals surface area contributed by atoms with Gasteiger partial charge in [-0.15, -0.1) is 12.4 Å². The lowest BCUT2D eigenvalue weighted by Gasteiger charge is -2.14. The highest BCUT2D eigenvalue weighted by atomic mass is 35.5. The summed E-state index contributed by atoms with van der Waals surface area (Å²) in [6, 6.07) is 0. The van der Waals surface area contributed by atoms with E-state index in [1.54, 1.807) is 0 Å². The van der Waals surface area contributed by atoms with Crippen LogP contribution in [0.5, 0.6) is 0 Å². The quantitative estimate of drug-likeness (QED) is 0.625. The minimum Gasteiger partial charge on any atom is -0.292 e. The monoisotopic (exact) mass is 234 g/mol. The van der Waals surface area contributed by atoms with Crippen molar-refractivity contribution in [2.45, 2.75) is 45.4 Å². The third-order valence-corrected chi connectivity index (χ3v) is 3.07. The van der Waals surface area contributed by atoms with E-state index in [0.29, 0.717) is 0 Å². The number of likely N-dealkylation sites (N-methyl/N-ethyl adjacent to an activating group) is 1. The summed E-state index contributed by atoms with van der Waals surface area (Å²) in [5.41, 5.74) is 0. The SMILES string of the molecule is CCCCCCCCN1CCN(C)C1.Cl. The first kappa shape index (κ1) is 15.2. The normalized spacial score (nSPS) is 18.0. The van der Waals surface area contributed by atoms with Crippen LogP contribution >= 0.6 is 12.4 Å². The molecule has 0 spiro atoms. The molecule has 0 radical (unpaired) electrons. The molecule has 1 aliphatic heterocycles. The fourth-order valence-corrected chi connectivity index (χ4v) is 2.09.